The molecule has 0 saturated carbocycles. The van der Waals surface area contributed by atoms with Crippen LogP contribution in [0.4, 0.5) is 13.2 Å². The number of hydrogen-bond acceptors (Lipinski definition) is 3. The second-order valence-corrected chi connectivity index (χ2v) is 5.84. The van der Waals surface area contributed by atoms with Gasteiger partial charge < -0.3 is 0 Å². The SMILES string of the molecule is O=C(/C(=N\N=C\c1ccccc1C(F)(F)F)c1ccccc1)c1ccccc1. The standard InChI is InChI=1S/C22H15F3N2O/c23-22(24,25)19-14-8-7-13-18(19)15-26-27-20(16-9-3-1-4-10-16)21(28)17-11-5-2-6-12-17/h1-15H/b26-15+,27-20-. The number of rotatable bonds is 5. The maximum Gasteiger partial charge on any atom is 0.417 e. The second-order valence-electron chi connectivity index (χ2n) is 5.84. The van der Waals surface area contributed by atoms with Gasteiger partial charge in [-0.1, -0.05) is 78.9 Å². The molecule has 0 amide bonds. The summed E-state index contributed by atoms with van der Waals surface area (Å²) in [6.07, 6.45) is -3.50. The highest BCUT2D eigenvalue weighted by molar-refractivity contribution is 6.51. The van der Waals surface area contributed by atoms with E-state index in [9.17, 15) is 18.0 Å². The number of hydrogen-bond donors (Lipinski definition) is 0. The van der Waals surface area contributed by atoms with Crippen molar-refractivity contribution in [3.63, 3.8) is 0 Å². The van der Waals surface area contributed by atoms with Gasteiger partial charge in [0.2, 0.25) is 5.78 Å². The van der Waals surface area contributed by atoms with Crippen molar-refractivity contribution in [2.45, 2.75) is 6.18 Å². The fourth-order valence-electron chi connectivity index (χ4n) is 2.57. The number of carbonyl (C=O) groups is 1. The van der Waals surface area contributed by atoms with Gasteiger partial charge in [-0.3, -0.25) is 4.79 Å². The number of alkyl halides is 3. The zero-order valence-electron chi connectivity index (χ0n) is 14.6. The third-order valence-electron chi connectivity index (χ3n) is 3.92. The molecule has 0 aliphatic heterocycles. The average molecular weight is 380 g/mol. The topological polar surface area (TPSA) is 41.8 Å². The minimum absolute atomic E-state index is 0.0486. The molecule has 0 fully saturated rings. The molecule has 3 aromatic rings. The molecule has 140 valence electrons. The fraction of sp³-hybridized carbons (Fsp3) is 0.0455. The van der Waals surface area contributed by atoms with E-state index < -0.39 is 11.7 Å². The Balaban J connectivity index is 1.99. The van der Waals surface area contributed by atoms with E-state index in [0.29, 0.717) is 11.1 Å². The molecular formula is C22H15F3N2O. The van der Waals surface area contributed by atoms with Crippen LogP contribution < -0.4 is 0 Å². The highest BCUT2D eigenvalue weighted by Gasteiger charge is 2.32. The first kappa shape index (κ1) is 19.2. The summed E-state index contributed by atoms with van der Waals surface area (Å²) >= 11 is 0. The lowest BCUT2D eigenvalue weighted by molar-refractivity contribution is -0.137. The number of benzene rings is 3. The maximum atomic E-state index is 13.1. The van der Waals surface area contributed by atoms with E-state index in [1.54, 1.807) is 60.7 Å². The van der Waals surface area contributed by atoms with Gasteiger partial charge in [-0.15, -0.1) is 5.10 Å². The van der Waals surface area contributed by atoms with Crippen molar-refractivity contribution in [2.75, 3.05) is 0 Å². The van der Waals surface area contributed by atoms with E-state index >= 15 is 0 Å². The van der Waals surface area contributed by atoms with E-state index in [2.05, 4.69) is 10.2 Å². The summed E-state index contributed by atoms with van der Waals surface area (Å²) in [6.45, 7) is 0. The van der Waals surface area contributed by atoms with Gasteiger partial charge >= 0.3 is 6.18 Å². The number of nitrogens with zero attached hydrogens (tertiary/aromatic N) is 2. The van der Waals surface area contributed by atoms with Crippen molar-refractivity contribution in [1.29, 1.82) is 0 Å². The number of ketones is 1. The smallest absolute Gasteiger partial charge is 0.287 e. The van der Waals surface area contributed by atoms with Crippen LogP contribution in [0.5, 0.6) is 0 Å². The Morgan fingerprint density at radius 1 is 0.750 bits per heavy atom. The molecule has 0 spiro atoms. The van der Waals surface area contributed by atoms with Crippen LogP contribution in [0.2, 0.25) is 0 Å². The molecule has 0 aliphatic carbocycles. The van der Waals surface area contributed by atoms with Crippen LogP contribution in [0.15, 0.2) is 95.1 Å². The number of halogens is 3. The lowest BCUT2D eigenvalue weighted by Crippen LogP contribution is -2.15. The van der Waals surface area contributed by atoms with Crippen LogP contribution in [0.3, 0.4) is 0 Å². The van der Waals surface area contributed by atoms with E-state index in [1.165, 1.54) is 18.2 Å². The van der Waals surface area contributed by atoms with Gasteiger partial charge in [0, 0.05) is 16.7 Å². The quantitative estimate of drug-likeness (QED) is 0.331. The molecule has 0 atom stereocenters. The minimum atomic E-state index is -4.51. The summed E-state index contributed by atoms with van der Waals surface area (Å²) < 4.78 is 39.3. The molecule has 28 heavy (non-hydrogen) atoms. The third kappa shape index (κ3) is 4.59. The minimum Gasteiger partial charge on any atom is -0.287 e. The molecule has 0 heterocycles. The molecule has 0 saturated heterocycles. The largest absolute Gasteiger partial charge is 0.417 e. The average Bonchev–Trinajstić information content (AvgIpc) is 2.72. The first-order valence-corrected chi connectivity index (χ1v) is 8.39. The highest BCUT2D eigenvalue weighted by Crippen LogP contribution is 2.31. The normalized spacial score (nSPS) is 12.3. The summed E-state index contributed by atoms with van der Waals surface area (Å²) in [6, 6.07) is 22.2. The van der Waals surface area contributed by atoms with Gasteiger partial charge in [-0.05, 0) is 6.07 Å². The fourth-order valence-corrected chi connectivity index (χ4v) is 2.57. The molecule has 3 aromatic carbocycles. The molecule has 0 aliphatic rings. The molecule has 3 rings (SSSR count). The molecule has 0 radical (unpaired) electrons. The molecule has 3 nitrogen and oxygen atoms in total. The first-order chi connectivity index (χ1) is 13.5. The van der Waals surface area contributed by atoms with Gasteiger partial charge in [0.15, 0.2) is 0 Å². The van der Waals surface area contributed by atoms with Crippen LogP contribution in [-0.4, -0.2) is 17.7 Å². The second kappa shape index (κ2) is 8.43. The van der Waals surface area contributed by atoms with Crippen molar-refractivity contribution in [2.24, 2.45) is 10.2 Å². The summed E-state index contributed by atoms with van der Waals surface area (Å²) in [7, 11) is 0. The van der Waals surface area contributed by atoms with Crippen molar-refractivity contribution in [3.8, 4) is 0 Å². The predicted octanol–water partition coefficient (Wildman–Crippen LogP) is 5.41. The molecule has 0 bridgehead atoms. The lowest BCUT2D eigenvalue weighted by Gasteiger charge is -2.09. The van der Waals surface area contributed by atoms with Crippen LogP contribution in [-0.2, 0) is 6.18 Å². The van der Waals surface area contributed by atoms with Crippen LogP contribution >= 0.6 is 0 Å². The maximum absolute atomic E-state index is 13.1. The van der Waals surface area contributed by atoms with Gasteiger partial charge in [0.25, 0.3) is 0 Å². The Morgan fingerprint density at radius 3 is 1.89 bits per heavy atom. The van der Waals surface area contributed by atoms with Gasteiger partial charge in [-0.25, -0.2) is 0 Å². The van der Waals surface area contributed by atoms with Crippen molar-refractivity contribution >= 4 is 17.7 Å². The Bertz CT molecular complexity index is 1010. The molecule has 6 heteroatoms. The first-order valence-electron chi connectivity index (χ1n) is 8.39. The summed E-state index contributed by atoms with van der Waals surface area (Å²) in [5.74, 6) is -0.368. The molecule has 0 aromatic heterocycles. The van der Waals surface area contributed by atoms with Crippen molar-refractivity contribution < 1.29 is 18.0 Å². The number of carbonyl (C=O) groups excluding carboxylic acids is 1. The van der Waals surface area contributed by atoms with Crippen molar-refractivity contribution in [3.05, 3.63) is 107 Å². The lowest BCUT2D eigenvalue weighted by atomic mass is 10.0. The Morgan fingerprint density at radius 2 is 1.29 bits per heavy atom. The van der Waals surface area contributed by atoms with E-state index in [1.807, 2.05) is 0 Å². The summed E-state index contributed by atoms with van der Waals surface area (Å²) in [5.41, 5.74) is 0.0454. The van der Waals surface area contributed by atoms with Crippen LogP contribution in [0, 0.1) is 0 Å². The van der Waals surface area contributed by atoms with Gasteiger partial charge in [0.05, 0.1) is 11.8 Å². The third-order valence-corrected chi connectivity index (χ3v) is 3.92. The zero-order valence-corrected chi connectivity index (χ0v) is 14.6. The van der Waals surface area contributed by atoms with Gasteiger partial charge in [0.1, 0.15) is 5.71 Å². The van der Waals surface area contributed by atoms with E-state index in [4.69, 9.17) is 0 Å². The van der Waals surface area contributed by atoms with Crippen molar-refractivity contribution in [1.82, 2.24) is 0 Å². The Labute approximate surface area is 159 Å². The van der Waals surface area contributed by atoms with E-state index in [0.717, 1.165) is 12.3 Å². The summed E-state index contributed by atoms with van der Waals surface area (Å²) in [4.78, 5) is 12.8. The Kier molecular flexibility index (Phi) is 5.79. The monoisotopic (exact) mass is 380 g/mol. The Hall–Kier alpha value is -3.54. The van der Waals surface area contributed by atoms with Crippen LogP contribution in [0.1, 0.15) is 27.0 Å². The molecular weight excluding hydrogens is 365 g/mol. The predicted molar refractivity (Wildman–Crippen MR) is 103 cm³/mol. The zero-order chi connectivity index (χ0) is 20.0. The number of Topliss-reactive ketones (excluding diaryl/α,β-unsaturated/α-hetero) is 1. The summed E-state index contributed by atoms with van der Waals surface area (Å²) in [5, 5.41) is 7.74. The van der Waals surface area contributed by atoms with Crippen LogP contribution in [0.25, 0.3) is 0 Å². The van der Waals surface area contributed by atoms with E-state index in [-0.39, 0.29) is 17.1 Å². The molecule has 0 unspecified atom stereocenters. The molecule has 0 N–H and O–H groups in total. The highest BCUT2D eigenvalue weighted by atomic mass is 19.4. The van der Waals surface area contributed by atoms with Gasteiger partial charge in [-0.2, -0.15) is 18.3 Å².